The van der Waals surface area contributed by atoms with Gasteiger partial charge in [0.25, 0.3) is 0 Å². The molecule has 0 aliphatic rings. The molecule has 0 atom stereocenters. The van der Waals surface area contributed by atoms with Gasteiger partial charge in [0.2, 0.25) is 0 Å². The first-order chi connectivity index (χ1) is 8.11. The summed E-state index contributed by atoms with van der Waals surface area (Å²) in [5.41, 5.74) is 8.13. The van der Waals surface area contributed by atoms with Gasteiger partial charge in [0.05, 0.1) is 10.7 Å². The first kappa shape index (κ1) is 12.3. The van der Waals surface area contributed by atoms with E-state index in [2.05, 4.69) is 36.3 Å². The zero-order valence-electron chi connectivity index (χ0n) is 10.3. The summed E-state index contributed by atoms with van der Waals surface area (Å²) in [7, 11) is 0. The van der Waals surface area contributed by atoms with Crippen molar-refractivity contribution in [1.29, 1.82) is 0 Å². The number of benzene rings is 1. The third-order valence-corrected chi connectivity index (χ3v) is 3.65. The van der Waals surface area contributed by atoms with Gasteiger partial charge in [-0.3, -0.25) is 0 Å². The molecule has 2 N–H and O–H groups in total. The van der Waals surface area contributed by atoms with Gasteiger partial charge in [-0.05, 0) is 12.0 Å². The molecule has 1 aromatic heterocycles. The lowest BCUT2D eigenvalue weighted by molar-refractivity contribution is 0.376. The van der Waals surface area contributed by atoms with Crippen molar-refractivity contribution in [1.82, 2.24) is 4.98 Å². The summed E-state index contributed by atoms with van der Waals surface area (Å²) in [5.74, 6) is 0. The maximum Gasteiger partial charge on any atom is 0.0938 e. The van der Waals surface area contributed by atoms with Crippen molar-refractivity contribution in [2.75, 3.05) is 6.54 Å². The highest BCUT2D eigenvalue weighted by molar-refractivity contribution is 7.09. The number of thiazole rings is 1. The predicted molar refractivity (Wildman–Crippen MR) is 74.1 cm³/mol. The van der Waals surface area contributed by atoms with Crippen molar-refractivity contribution in [3.05, 3.63) is 40.7 Å². The minimum atomic E-state index is 0.131. The average molecular weight is 246 g/mol. The predicted octanol–water partition coefficient (Wildman–Crippen LogP) is 3.34. The van der Waals surface area contributed by atoms with E-state index in [1.807, 2.05) is 18.2 Å². The Labute approximate surface area is 107 Å². The molecule has 0 saturated carbocycles. The van der Waals surface area contributed by atoms with Gasteiger partial charge in [-0.15, -0.1) is 11.3 Å². The molecule has 0 aliphatic carbocycles. The smallest absolute Gasteiger partial charge is 0.0938 e. The Hall–Kier alpha value is -1.19. The van der Waals surface area contributed by atoms with E-state index in [0.29, 0.717) is 6.54 Å². The third-order valence-electron chi connectivity index (χ3n) is 2.80. The Morgan fingerprint density at radius 2 is 1.94 bits per heavy atom. The molecule has 3 heteroatoms. The molecule has 0 aliphatic heterocycles. The van der Waals surface area contributed by atoms with Crippen LogP contribution < -0.4 is 5.73 Å². The van der Waals surface area contributed by atoms with E-state index in [9.17, 15) is 0 Å². The molecule has 17 heavy (non-hydrogen) atoms. The molecular formula is C14H18N2S. The number of rotatable bonds is 4. The monoisotopic (exact) mass is 246 g/mol. The molecular weight excluding hydrogens is 228 g/mol. The average Bonchev–Trinajstić information content (AvgIpc) is 2.78. The van der Waals surface area contributed by atoms with E-state index in [1.165, 1.54) is 10.6 Å². The zero-order chi connectivity index (χ0) is 12.3. The summed E-state index contributed by atoms with van der Waals surface area (Å²) in [6, 6.07) is 10.3. The first-order valence-corrected chi connectivity index (χ1v) is 6.68. The first-order valence-electron chi connectivity index (χ1n) is 5.81. The molecule has 1 aromatic carbocycles. The number of hydrogen-bond donors (Lipinski definition) is 1. The Balaban J connectivity index is 2.17. The van der Waals surface area contributed by atoms with Gasteiger partial charge in [0.15, 0.2) is 0 Å². The quantitative estimate of drug-likeness (QED) is 0.898. The van der Waals surface area contributed by atoms with E-state index in [0.717, 1.165) is 12.1 Å². The number of aromatic nitrogens is 1. The maximum absolute atomic E-state index is 5.75. The fourth-order valence-electron chi connectivity index (χ4n) is 1.62. The fraction of sp³-hybridized carbons (Fsp3) is 0.357. The maximum atomic E-state index is 5.75. The van der Waals surface area contributed by atoms with Crippen LogP contribution in [0.3, 0.4) is 0 Å². The molecule has 2 rings (SSSR count). The van der Waals surface area contributed by atoms with Crippen molar-refractivity contribution in [2.45, 2.75) is 20.3 Å². The van der Waals surface area contributed by atoms with E-state index >= 15 is 0 Å². The van der Waals surface area contributed by atoms with Gasteiger partial charge in [-0.1, -0.05) is 44.2 Å². The van der Waals surface area contributed by atoms with Gasteiger partial charge in [0.1, 0.15) is 0 Å². The summed E-state index contributed by atoms with van der Waals surface area (Å²) < 4.78 is 0. The van der Waals surface area contributed by atoms with Gasteiger partial charge < -0.3 is 5.73 Å². The van der Waals surface area contributed by atoms with E-state index in [-0.39, 0.29) is 5.41 Å². The van der Waals surface area contributed by atoms with Crippen LogP contribution in [0, 0.1) is 5.41 Å². The van der Waals surface area contributed by atoms with Crippen molar-refractivity contribution < 1.29 is 0 Å². The van der Waals surface area contributed by atoms with Crippen molar-refractivity contribution in [2.24, 2.45) is 11.1 Å². The Kier molecular flexibility index (Phi) is 3.60. The molecule has 1 heterocycles. The highest BCUT2D eigenvalue weighted by Gasteiger charge is 2.18. The van der Waals surface area contributed by atoms with Crippen LogP contribution in [0.1, 0.15) is 18.9 Å². The second-order valence-electron chi connectivity index (χ2n) is 5.04. The van der Waals surface area contributed by atoms with Gasteiger partial charge in [-0.2, -0.15) is 0 Å². The lowest BCUT2D eigenvalue weighted by Crippen LogP contribution is -2.25. The summed E-state index contributed by atoms with van der Waals surface area (Å²) in [4.78, 5) is 4.68. The summed E-state index contributed by atoms with van der Waals surface area (Å²) in [6.45, 7) is 5.04. The van der Waals surface area contributed by atoms with Crippen molar-refractivity contribution in [3.8, 4) is 11.3 Å². The van der Waals surface area contributed by atoms with Crippen LogP contribution in [0.4, 0.5) is 0 Å². The molecule has 2 aromatic rings. The van der Waals surface area contributed by atoms with E-state index < -0.39 is 0 Å². The Bertz CT molecular complexity index is 474. The largest absolute Gasteiger partial charge is 0.330 e. The summed E-state index contributed by atoms with van der Waals surface area (Å²) in [5, 5.41) is 3.29. The van der Waals surface area contributed by atoms with E-state index in [4.69, 9.17) is 5.73 Å². The molecule has 0 bridgehead atoms. The van der Waals surface area contributed by atoms with Crippen molar-refractivity contribution in [3.63, 3.8) is 0 Å². The minimum Gasteiger partial charge on any atom is -0.330 e. The van der Waals surface area contributed by atoms with Crippen LogP contribution in [-0.2, 0) is 6.42 Å². The normalized spacial score (nSPS) is 11.7. The highest BCUT2D eigenvalue weighted by atomic mass is 32.1. The standard InChI is InChI=1S/C14H18N2S/c1-14(2,10-15)8-13-16-12(9-17-13)11-6-4-3-5-7-11/h3-7,9H,8,10,15H2,1-2H3. The Morgan fingerprint density at radius 1 is 1.24 bits per heavy atom. The second kappa shape index (κ2) is 4.98. The molecule has 2 nitrogen and oxygen atoms in total. The molecule has 90 valence electrons. The van der Waals surface area contributed by atoms with Gasteiger partial charge in [-0.25, -0.2) is 4.98 Å². The van der Waals surface area contributed by atoms with Crippen LogP contribution in [-0.4, -0.2) is 11.5 Å². The van der Waals surface area contributed by atoms with Crippen LogP contribution in [0.25, 0.3) is 11.3 Å². The van der Waals surface area contributed by atoms with Crippen LogP contribution in [0.2, 0.25) is 0 Å². The fourth-order valence-corrected chi connectivity index (χ4v) is 2.68. The lowest BCUT2D eigenvalue weighted by Gasteiger charge is -2.20. The SMILES string of the molecule is CC(C)(CN)Cc1nc(-c2ccccc2)cs1. The van der Waals surface area contributed by atoms with Crippen molar-refractivity contribution >= 4 is 11.3 Å². The third kappa shape index (κ3) is 3.14. The molecule has 0 amide bonds. The second-order valence-corrected chi connectivity index (χ2v) is 5.98. The molecule has 0 saturated heterocycles. The lowest BCUT2D eigenvalue weighted by atomic mass is 9.90. The van der Waals surface area contributed by atoms with Crippen LogP contribution >= 0.6 is 11.3 Å². The van der Waals surface area contributed by atoms with Crippen LogP contribution in [0.15, 0.2) is 35.7 Å². The van der Waals surface area contributed by atoms with Gasteiger partial charge >= 0.3 is 0 Å². The van der Waals surface area contributed by atoms with Gasteiger partial charge in [0, 0.05) is 17.4 Å². The molecule has 0 spiro atoms. The molecule has 0 radical (unpaired) electrons. The number of nitrogens with zero attached hydrogens (tertiary/aromatic N) is 1. The number of nitrogens with two attached hydrogens (primary N) is 1. The summed E-state index contributed by atoms with van der Waals surface area (Å²) >= 11 is 1.72. The van der Waals surface area contributed by atoms with E-state index in [1.54, 1.807) is 11.3 Å². The topological polar surface area (TPSA) is 38.9 Å². The highest BCUT2D eigenvalue weighted by Crippen LogP contribution is 2.26. The zero-order valence-corrected chi connectivity index (χ0v) is 11.1. The Morgan fingerprint density at radius 3 is 2.59 bits per heavy atom. The number of hydrogen-bond acceptors (Lipinski definition) is 3. The van der Waals surface area contributed by atoms with Crippen LogP contribution in [0.5, 0.6) is 0 Å². The minimum absolute atomic E-state index is 0.131. The molecule has 0 unspecified atom stereocenters. The summed E-state index contributed by atoms with van der Waals surface area (Å²) in [6.07, 6.45) is 0.945. The molecule has 0 fully saturated rings.